The molecule has 1 unspecified atom stereocenters. The monoisotopic (exact) mass is 427 g/mol. The van der Waals surface area contributed by atoms with E-state index in [0.29, 0.717) is 24.4 Å². The summed E-state index contributed by atoms with van der Waals surface area (Å²) in [5.41, 5.74) is 5.21. The quantitative estimate of drug-likeness (QED) is 0.420. The number of benzene rings is 2. The molecule has 2 aromatic heterocycles. The van der Waals surface area contributed by atoms with Gasteiger partial charge in [-0.3, -0.25) is 9.20 Å². The Labute approximate surface area is 186 Å². The molecule has 0 aliphatic carbocycles. The zero-order valence-electron chi connectivity index (χ0n) is 18.0. The molecule has 4 aromatic rings. The fraction of sp³-hybridized carbons (Fsp3) is 0.269. The van der Waals surface area contributed by atoms with Crippen LogP contribution in [-0.2, 0) is 22.4 Å². The Morgan fingerprint density at radius 2 is 1.81 bits per heavy atom. The predicted octanol–water partition coefficient (Wildman–Crippen LogP) is 4.63. The molecular formula is C26H25N3O3. The summed E-state index contributed by atoms with van der Waals surface area (Å²) in [5.74, 6) is 0.0833. The van der Waals surface area contributed by atoms with Gasteiger partial charge in [0.25, 0.3) is 0 Å². The molecule has 1 aliphatic heterocycles. The fourth-order valence-electron chi connectivity index (χ4n) is 4.19. The fourth-order valence-corrected chi connectivity index (χ4v) is 4.19. The van der Waals surface area contributed by atoms with Crippen LogP contribution in [-0.4, -0.2) is 33.0 Å². The molecule has 0 radical (unpaired) electrons. The van der Waals surface area contributed by atoms with Gasteiger partial charge in [0.05, 0.1) is 17.5 Å². The lowest BCUT2D eigenvalue weighted by atomic mass is 10.1. The average Bonchev–Trinajstić information content (AvgIpc) is 3.44. The Kier molecular flexibility index (Phi) is 5.69. The Morgan fingerprint density at radius 1 is 1.06 bits per heavy atom. The summed E-state index contributed by atoms with van der Waals surface area (Å²) in [4.78, 5) is 21.8. The third kappa shape index (κ3) is 4.27. The van der Waals surface area contributed by atoms with Crippen molar-refractivity contribution in [1.82, 2.24) is 14.4 Å². The molecule has 0 spiro atoms. The summed E-state index contributed by atoms with van der Waals surface area (Å²) in [6.07, 6.45) is 5.26. The van der Waals surface area contributed by atoms with Gasteiger partial charge in [-0.05, 0) is 18.4 Å². The summed E-state index contributed by atoms with van der Waals surface area (Å²) < 4.78 is 13.4. The number of esters is 1. The molecule has 0 saturated carbocycles. The maximum Gasteiger partial charge on any atom is 0.309 e. The predicted molar refractivity (Wildman–Crippen MR) is 122 cm³/mol. The van der Waals surface area contributed by atoms with Gasteiger partial charge in [0.1, 0.15) is 5.69 Å². The largest absolute Gasteiger partial charge is 0.407 e. The standard InChI is InChI=1S/C26H25N3O3/c1-18(30)32-26-23(16-21-13-8-14-31-21)28-25-22(15-19-9-4-2-5-10-19)27-24(17-29(25)26)20-11-6-3-7-12-20/h2-7,9-12,17,21H,8,13-16H2,1H3. The number of carbonyl (C=O) groups is 1. The normalized spacial score (nSPS) is 15.8. The smallest absolute Gasteiger partial charge is 0.309 e. The Bertz CT molecular complexity index is 1230. The van der Waals surface area contributed by atoms with E-state index in [1.165, 1.54) is 6.92 Å². The maximum absolute atomic E-state index is 12.0. The van der Waals surface area contributed by atoms with Crippen LogP contribution in [0, 0.1) is 0 Å². The minimum Gasteiger partial charge on any atom is -0.407 e. The number of hydrogen-bond acceptors (Lipinski definition) is 5. The molecule has 3 heterocycles. The Morgan fingerprint density at radius 3 is 2.50 bits per heavy atom. The van der Waals surface area contributed by atoms with E-state index in [1.807, 2.05) is 59.1 Å². The molecule has 1 aliphatic rings. The number of rotatable bonds is 6. The van der Waals surface area contributed by atoms with Crippen LogP contribution in [0.4, 0.5) is 0 Å². The van der Waals surface area contributed by atoms with Crippen molar-refractivity contribution in [3.63, 3.8) is 0 Å². The van der Waals surface area contributed by atoms with Gasteiger partial charge in [0.2, 0.25) is 5.88 Å². The van der Waals surface area contributed by atoms with Crippen molar-refractivity contribution >= 4 is 11.6 Å². The molecule has 0 amide bonds. The van der Waals surface area contributed by atoms with E-state index in [-0.39, 0.29) is 12.1 Å². The first-order valence-corrected chi connectivity index (χ1v) is 11.0. The number of ether oxygens (including phenoxy) is 2. The maximum atomic E-state index is 12.0. The lowest BCUT2D eigenvalue weighted by Crippen LogP contribution is -2.12. The van der Waals surface area contributed by atoms with Crippen LogP contribution < -0.4 is 4.74 Å². The highest BCUT2D eigenvalue weighted by molar-refractivity contribution is 5.70. The van der Waals surface area contributed by atoms with E-state index >= 15 is 0 Å². The number of carbonyl (C=O) groups excluding carboxylic acids is 1. The van der Waals surface area contributed by atoms with Crippen LogP contribution in [0.25, 0.3) is 16.9 Å². The Hall–Kier alpha value is -3.51. The van der Waals surface area contributed by atoms with Crippen molar-refractivity contribution in [2.24, 2.45) is 0 Å². The number of fused-ring (bicyclic) bond motifs is 1. The van der Waals surface area contributed by atoms with E-state index in [4.69, 9.17) is 19.4 Å². The van der Waals surface area contributed by atoms with Gasteiger partial charge in [-0.15, -0.1) is 0 Å². The first kappa shape index (κ1) is 20.4. The SMILES string of the molecule is CC(=O)Oc1c(CC2CCCO2)nc2c(Cc3ccccc3)nc(-c3ccccc3)cn12. The second kappa shape index (κ2) is 8.93. The van der Waals surface area contributed by atoms with Gasteiger partial charge in [-0.2, -0.15) is 0 Å². The lowest BCUT2D eigenvalue weighted by Gasteiger charge is -2.10. The van der Waals surface area contributed by atoms with Crippen LogP contribution in [0.15, 0.2) is 66.9 Å². The number of nitrogens with zero attached hydrogens (tertiary/aromatic N) is 3. The zero-order valence-corrected chi connectivity index (χ0v) is 18.0. The minimum atomic E-state index is -0.372. The van der Waals surface area contributed by atoms with Gasteiger partial charge in [-0.1, -0.05) is 60.7 Å². The van der Waals surface area contributed by atoms with Crippen molar-refractivity contribution in [3.05, 3.63) is 83.8 Å². The summed E-state index contributed by atoms with van der Waals surface area (Å²) in [5, 5.41) is 0. The van der Waals surface area contributed by atoms with E-state index in [9.17, 15) is 4.79 Å². The van der Waals surface area contributed by atoms with Crippen LogP contribution in [0.5, 0.6) is 5.88 Å². The molecule has 1 atom stereocenters. The first-order chi connectivity index (χ1) is 15.7. The van der Waals surface area contributed by atoms with Crippen molar-refractivity contribution < 1.29 is 14.3 Å². The molecule has 6 heteroatoms. The highest BCUT2D eigenvalue weighted by Crippen LogP contribution is 2.30. The second-order valence-corrected chi connectivity index (χ2v) is 8.09. The van der Waals surface area contributed by atoms with E-state index < -0.39 is 0 Å². The summed E-state index contributed by atoms with van der Waals surface area (Å²) in [6.45, 7) is 2.18. The third-order valence-electron chi connectivity index (χ3n) is 5.67. The van der Waals surface area contributed by atoms with Crippen molar-refractivity contribution in [3.8, 4) is 17.1 Å². The van der Waals surface area contributed by atoms with Crippen molar-refractivity contribution in [2.75, 3.05) is 6.61 Å². The summed E-state index contributed by atoms with van der Waals surface area (Å²) in [6, 6.07) is 20.2. The topological polar surface area (TPSA) is 65.7 Å². The van der Waals surface area contributed by atoms with Crippen LogP contribution in [0.3, 0.4) is 0 Å². The van der Waals surface area contributed by atoms with Crippen LogP contribution >= 0.6 is 0 Å². The van der Waals surface area contributed by atoms with Crippen molar-refractivity contribution in [2.45, 2.75) is 38.7 Å². The zero-order chi connectivity index (χ0) is 21.9. The first-order valence-electron chi connectivity index (χ1n) is 11.0. The highest BCUT2D eigenvalue weighted by atomic mass is 16.5. The molecule has 2 aromatic carbocycles. The number of aromatic nitrogens is 3. The van der Waals surface area contributed by atoms with E-state index in [0.717, 1.165) is 47.7 Å². The van der Waals surface area contributed by atoms with Gasteiger partial charge in [-0.25, -0.2) is 9.97 Å². The summed E-state index contributed by atoms with van der Waals surface area (Å²) >= 11 is 0. The molecule has 1 fully saturated rings. The molecule has 162 valence electrons. The van der Waals surface area contributed by atoms with E-state index in [2.05, 4.69) is 12.1 Å². The van der Waals surface area contributed by atoms with Gasteiger partial charge < -0.3 is 9.47 Å². The highest BCUT2D eigenvalue weighted by Gasteiger charge is 2.25. The Balaban J connectivity index is 1.68. The molecule has 0 N–H and O–H groups in total. The van der Waals surface area contributed by atoms with Gasteiger partial charge in [0, 0.05) is 38.1 Å². The minimum absolute atomic E-state index is 0.0911. The average molecular weight is 428 g/mol. The molecule has 5 rings (SSSR count). The second-order valence-electron chi connectivity index (χ2n) is 8.09. The van der Waals surface area contributed by atoms with Gasteiger partial charge >= 0.3 is 5.97 Å². The van der Waals surface area contributed by atoms with Crippen LogP contribution in [0.1, 0.15) is 36.7 Å². The molecule has 6 nitrogen and oxygen atoms in total. The number of imidazole rings is 1. The molecule has 32 heavy (non-hydrogen) atoms. The van der Waals surface area contributed by atoms with E-state index in [1.54, 1.807) is 0 Å². The third-order valence-corrected chi connectivity index (χ3v) is 5.67. The molecule has 0 bridgehead atoms. The summed E-state index contributed by atoms with van der Waals surface area (Å²) in [7, 11) is 0. The molecular weight excluding hydrogens is 402 g/mol. The van der Waals surface area contributed by atoms with Crippen LogP contribution in [0.2, 0.25) is 0 Å². The van der Waals surface area contributed by atoms with Gasteiger partial charge in [0.15, 0.2) is 5.65 Å². The molecule has 1 saturated heterocycles. The lowest BCUT2D eigenvalue weighted by molar-refractivity contribution is -0.132. The van der Waals surface area contributed by atoms with Crippen molar-refractivity contribution in [1.29, 1.82) is 0 Å². The number of hydrogen-bond donors (Lipinski definition) is 0.